The van der Waals surface area contributed by atoms with Gasteiger partial charge in [0, 0.05) is 24.8 Å². The van der Waals surface area contributed by atoms with Crippen LogP contribution in [-0.4, -0.2) is 41.6 Å². The fourth-order valence-corrected chi connectivity index (χ4v) is 3.29. The van der Waals surface area contributed by atoms with Gasteiger partial charge < -0.3 is 19.7 Å². The van der Waals surface area contributed by atoms with E-state index in [2.05, 4.69) is 10.3 Å². The molecule has 2 aliphatic heterocycles. The molecule has 1 saturated heterocycles. The number of fused-ring (bicyclic) bond motifs is 1. The number of carbonyl (C=O) groups is 2. The summed E-state index contributed by atoms with van der Waals surface area (Å²) in [6.07, 6.45) is 4.32. The van der Waals surface area contributed by atoms with Crippen molar-refractivity contribution in [1.29, 1.82) is 0 Å². The van der Waals surface area contributed by atoms with Crippen LogP contribution in [0.5, 0.6) is 11.5 Å². The van der Waals surface area contributed by atoms with Gasteiger partial charge in [0.05, 0.1) is 0 Å². The molecule has 4 rings (SSSR count). The van der Waals surface area contributed by atoms with Crippen LogP contribution in [0.25, 0.3) is 0 Å². The number of hydrogen-bond acceptors (Lipinski definition) is 5. The van der Waals surface area contributed by atoms with Crippen LogP contribution in [0.1, 0.15) is 46.7 Å². The summed E-state index contributed by atoms with van der Waals surface area (Å²) in [5, 5.41) is 2.78. The van der Waals surface area contributed by atoms with Gasteiger partial charge in [-0.05, 0) is 37.1 Å². The molecule has 0 aliphatic carbocycles. The smallest absolute Gasteiger partial charge is 0.274 e. The van der Waals surface area contributed by atoms with E-state index in [-0.39, 0.29) is 24.3 Å². The lowest BCUT2D eigenvalue weighted by molar-refractivity contribution is 0.0755. The van der Waals surface area contributed by atoms with Crippen molar-refractivity contribution >= 4 is 17.5 Å². The van der Waals surface area contributed by atoms with Gasteiger partial charge in [-0.25, -0.2) is 4.98 Å². The third kappa shape index (κ3) is 3.86. The Morgan fingerprint density at radius 3 is 2.48 bits per heavy atom. The summed E-state index contributed by atoms with van der Waals surface area (Å²) in [7, 11) is 0. The van der Waals surface area contributed by atoms with Gasteiger partial charge in [-0.15, -0.1) is 0 Å². The molecule has 3 heterocycles. The summed E-state index contributed by atoms with van der Waals surface area (Å²) in [6.45, 7) is 1.66. The number of amides is 2. The number of likely N-dealkylation sites (tertiary alicyclic amines) is 1. The lowest BCUT2D eigenvalue weighted by atomic mass is 10.2. The first-order valence-corrected chi connectivity index (χ1v) is 9.18. The number of nitrogens with zero attached hydrogens (tertiary/aromatic N) is 2. The highest BCUT2D eigenvalue weighted by atomic mass is 16.7. The first-order valence-electron chi connectivity index (χ1n) is 9.18. The van der Waals surface area contributed by atoms with Crippen molar-refractivity contribution in [3.63, 3.8) is 0 Å². The van der Waals surface area contributed by atoms with Gasteiger partial charge in [0.2, 0.25) is 6.79 Å². The van der Waals surface area contributed by atoms with Gasteiger partial charge in [-0.3, -0.25) is 9.59 Å². The van der Waals surface area contributed by atoms with Crippen molar-refractivity contribution in [3.8, 4) is 11.5 Å². The Morgan fingerprint density at radius 1 is 0.926 bits per heavy atom. The van der Waals surface area contributed by atoms with Crippen LogP contribution in [0.15, 0.2) is 36.4 Å². The maximum Gasteiger partial charge on any atom is 0.274 e. The standard InChI is InChI=1S/C20H21N3O4/c24-19(21-14-8-9-17-18(12-14)27-13-26-17)15-6-5-7-16(22-15)20(25)23-10-3-1-2-4-11-23/h5-9,12H,1-4,10-11,13H2,(H,21,24). The molecule has 0 atom stereocenters. The Labute approximate surface area is 157 Å². The number of ether oxygens (including phenoxy) is 2. The highest BCUT2D eigenvalue weighted by molar-refractivity contribution is 6.04. The summed E-state index contributed by atoms with van der Waals surface area (Å²) in [5.41, 5.74) is 1.08. The average molecular weight is 367 g/mol. The van der Waals surface area contributed by atoms with Gasteiger partial charge in [0.15, 0.2) is 11.5 Å². The first kappa shape index (κ1) is 17.3. The molecule has 1 aromatic heterocycles. The van der Waals surface area contributed by atoms with Crippen LogP contribution in [0.3, 0.4) is 0 Å². The second-order valence-electron chi connectivity index (χ2n) is 6.64. The minimum absolute atomic E-state index is 0.116. The van der Waals surface area contributed by atoms with Gasteiger partial charge in [-0.1, -0.05) is 18.9 Å². The predicted molar refractivity (Wildman–Crippen MR) is 99.1 cm³/mol. The summed E-state index contributed by atoms with van der Waals surface area (Å²) in [6, 6.07) is 10.1. The Morgan fingerprint density at radius 2 is 1.67 bits per heavy atom. The molecular weight excluding hydrogens is 346 g/mol. The van der Waals surface area contributed by atoms with E-state index in [4.69, 9.17) is 9.47 Å². The van der Waals surface area contributed by atoms with Crippen molar-refractivity contribution in [2.45, 2.75) is 25.7 Å². The van der Waals surface area contributed by atoms with Crippen molar-refractivity contribution < 1.29 is 19.1 Å². The zero-order valence-electron chi connectivity index (χ0n) is 14.9. The molecule has 0 radical (unpaired) electrons. The number of rotatable bonds is 3. The van der Waals surface area contributed by atoms with Crippen LogP contribution >= 0.6 is 0 Å². The normalized spacial score (nSPS) is 15.9. The summed E-state index contributed by atoms with van der Waals surface area (Å²) >= 11 is 0. The molecule has 0 unspecified atom stereocenters. The second kappa shape index (κ2) is 7.65. The average Bonchev–Trinajstić information content (AvgIpc) is 2.99. The molecule has 1 fully saturated rings. The Kier molecular flexibility index (Phi) is 4.91. The van der Waals surface area contributed by atoms with Crippen molar-refractivity contribution in [3.05, 3.63) is 47.8 Å². The SMILES string of the molecule is O=C(Nc1ccc2c(c1)OCO2)c1cccc(C(=O)N2CCCCCC2)n1. The van der Waals surface area contributed by atoms with E-state index in [9.17, 15) is 9.59 Å². The Balaban J connectivity index is 1.48. The van der Waals surface area contributed by atoms with Crippen LogP contribution in [-0.2, 0) is 0 Å². The topological polar surface area (TPSA) is 80.8 Å². The predicted octanol–water partition coefficient (Wildman–Crippen LogP) is 3.08. The van der Waals surface area contributed by atoms with E-state index < -0.39 is 0 Å². The maximum atomic E-state index is 12.7. The number of pyridine rings is 1. The summed E-state index contributed by atoms with van der Waals surface area (Å²) in [5.74, 6) is 0.746. The van der Waals surface area contributed by atoms with E-state index in [1.807, 2.05) is 4.90 Å². The van der Waals surface area contributed by atoms with Crippen LogP contribution in [0, 0.1) is 0 Å². The number of anilines is 1. The van der Waals surface area contributed by atoms with Gasteiger partial charge in [0.1, 0.15) is 11.4 Å². The molecule has 2 aromatic rings. The molecule has 27 heavy (non-hydrogen) atoms. The number of nitrogens with one attached hydrogen (secondary N) is 1. The lowest BCUT2D eigenvalue weighted by Crippen LogP contribution is -2.32. The fraction of sp³-hybridized carbons (Fsp3) is 0.350. The van der Waals surface area contributed by atoms with Crippen molar-refractivity contribution in [1.82, 2.24) is 9.88 Å². The molecule has 1 N–H and O–H groups in total. The summed E-state index contributed by atoms with van der Waals surface area (Å²) < 4.78 is 10.6. The van der Waals surface area contributed by atoms with E-state index in [0.717, 1.165) is 38.8 Å². The molecule has 2 aliphatic rings. The monoisotopic (exact) mass is 367 g/mol. The lowest BCUT2D eigenvalue weighted by Gasteiger charge is -2.19. The van der Waals surface area contributed by atoms with Crippen molar-refractivity contribution in [2.24, 2.45) is 0 Å². The van der Waals surface area contributed by atoms with Gasteiger partial charge in [0.25, 0.3) is 11.8 Å². The largest absolute Gasteiger partial charge is 0.454 e. The second-order valence-corrected chi connectivity index (χ2v) is 6.64. The molecule has 7 heteroatoms. The molecular formula is C20H21N3O4. The number of carbonyl (C=O) groups excluding carboxylic acids is 2. The van der Waals surface area contributed by atoms with Gasteiger partial charge in [-0.2, -0.15) is 0 Å². The third-order valence-electron chi connectivity index (χ3n) is 4.72. The van der Waals surface area contributed by atoms with Crippen LogP contribution in [0.2, 0.25) is 0 Å². The highest BCUT2D eigenvalue weighted by Gasteiger charge is 2.20. The molecule has 0 bridgehead atoms. The number of hydrogen-bond donors (Lipinski definition) is 1. The Bertz CT molecular complexity index is 860. The molecule has 0 spiro atoms. The third-order valence-corrected chi connectivity index (χ3v) is 4.72. The molecule has 0 saturated carbocycles. The Hall–Kier alpha value is -3.09. The first-order chi connectivity index (χ1) is 13.2. The molecule has 140 valence electrons. The number of benzene rings is 1. The fourth-order valence-electron chi connectivity index (χ4n) is 3.29. The minimum Gasteiger partial charge on any atom is -0.454 e. The molecule has 2 amide bonds. The summed E-state index contributed by atoms with van der Waals surface area (Å²) in [4.78, 5) is 31.4. The number of aromatic nitrogens is 1. The van der Waals surface area contributed by atoms with Crippen molar-refractivity contribution in [2.75, 3.05) is 25.2 Å². The quantitative estimate of drug-likeness (QED) is 0.902. The highest BCUT2D eigenvalue weighted by Crippen LogP contribution is 2.34. The van der Waals surface area contributed by atoms with Gasteiger partial charge >= 0.3 is 0 Å². The molecule has 1 aromatic carbocycles. The van der Waals surface area contributed by atoms with E-state index in [1.165, 1.54) is 0 Å². The van der Waals surface area contributed by atoms with Crippen LogP contribution < -0.4 is 14.8 Å². The van der Waals surface area contributed by atoms with E-state index in [1.54, 1.807) is 36.4 Å². The zero-order chi connectivity index (χ0) is 18.6. The van der Waals surface area contributed by atoms with Crippen LogP contribution in [0.4, 0.5) is 5.69 Å². The minimum atomic E-state index is -0.376. The maximum absolute atomic E-state index is 12.7. The zero-order valence-corrected chi connectivity index (χ0v) is 14.9. The van der Waals surface area contributed by atoms with E-state index >= 15 is 0 Å². The van der Waals surface area contributed by atoms with E-state index in [0.29, 0.717) is 22.9 Å². The molecule has 7 nitrogen and oxygen atoms in total.